The highest BCUT2D eigenvalue weighted by Crippen LogP contribution is 2.47. The van der Waals surface area contributed by atoms with Crippen molar-refractivity contribution >= 4 is 17.5 Å². The van der Waals surface area contributed by atoms with Gasteiger partial charge in [0.2, 0.25) is 11.8 Å². The van der Waals surface area contributed by atoms with Crippen LogP contribution in [0.5, 0.6) is 5.75 Å². The first kappa shape index (κ1) is 22.8. The molecular weight excluding hydrogens is 439 g/mol. The Bertz CT molecular complexity index is 1070. The first-order valence-electron chi connectivity index (χ1n) is 11.9. The number of halogens is 1. The first-order chi connectivity index (χ1) is 16.5. The van der Waals surface area contributed by atoms with Gasteiger partial charge in [-0.3, -0.25) is 9.59 Å². The summed E-state index contributed by atoms with van der Waals surface area (Å²) in [6.45, 7) is 0.0105. The van der Waals surface area contributed by atoms with Gasteiger partial charge in [-0.2, -0.15) is 0 Å². The van der Waals surface area contributed by atoms with E-state index in [1.165, 1.54) is 12.1 Å². The summed E-state index contributed by atoms with van der Waals surface area (Å²) in [6.07, 6.45) is 2.36. The van der Waals surface area contributed by atoms with E-state index in [-0.39, 0.29) is 55.1 Å². The normalized spacial score (nSPS) is 25.5. The Kier molecular flexibility index (Phi) is 6.52. The van der Waals surface area contributed by atoms with Crippen molar-refractivity contribution in [3.8, 4) is 5.75 Å². The third-order valence-corrected chi connectivity index (χ3v) is 7.03. The second kappa shape index (κ2) is 9.72. The smallest absolute Gasteiger partial charge is 0.227 e. The Morgan fingerprint density at radius 1 is 1.15 bits per heavy atom. The second-order valence-electron chi connectivity index (χ2n) is 9.38. The van der Waals surface area contributed by atoms with Crippen molar-refractivity contribution in [1.82, 2.24) is 5.32 Å². The molecule has 1 saturated heterocycles. The van der Waals surface area contributed by atoms with E-state index in [2.05, 4.69) is 10.6 Å². The standard InChI is InChI=1S/C26H29FN2O5/c27-17-6-1-3-15(9-17)13-28-24(31)12-19-11-21-20-10-18(29-26(32)16-4-2-5-16)7-8-22(20)34-25(21)23(14-30)33-19/h1,3,6-10,16,19,21,23,25,30H,2,4-5,11-14H2,(H,28,31)(H,29,32)/t19-,21+,23+,25-/m0/s1. The molecule has 3 aliphatic rings. The van der Waals surface area contributed by atoms with Crippen LogP contribution in [0.3, 0.4) is 0 Å². The van der Waals surface area contributed by atoms with E-state index in [0.29, 0.717) is 12.0 Å². The lowest BCUT2D eigenvalue weighted by molar-refractivity contribution is -0.142. The van der Waals surface area contributed by atoms with Crippen molar-refractivity contribution in [2.75, 3.05) is 11.9 Å². The van der Waals surface area contributed by atoms with Crippen LogP contribution in [0.15, 0.2) is 42.5 Å². The Hall–Kier alpha value is -2.97. The highest BCUT2D eigenvalue weighted by Gasteiger charge is 2.46. The number of fused-ring (bicyclic) bond motifs is 3. The van der Waals surface area contributed by atoms with Crippen molar-refractivity contribution in [3.63, 3.8) is 0 Å². The highest BCUT2D eigenvalue weighted by molar-refractivity contribution is 5.93. The van der Waals surface area contributed by atoms with Crippen molar-refractivity contribution in [1.29, 1.82) is 0 Å². The summed E-state index contributed by atoms with van der Waals surface area (Å²) in [6, 6.07) is 11.7. The topological polar surface area (TPSA) is 96.9 Å². The van der Waals surface area contributed by atoms with Crippen LogP contribution < -0.4 is 15.4 Å². The fourth-order valence-electron chi connectivity index (χ4n) is 5.01. The first-order valence-corrected chi connectivity index (χ1v) is 11.9. The quantitative estimate of drug-likeness (QED) is 0.580. The summed E-state index contributed by atoms with van der Waals surface area (Å²) in [5.74, 6) is 0.258. The van der Waals surface area contributed by atoms with Gasteiger partial charge in [0, 0.05) is 29.6 Å². The number of carbonyl (C=O) groups is 2. The largest absolute Gasteiger partial charge is 0.487 e. The van der Waals surface area contributed by atoms with Crippen LogP contribution in [-0.4, -0.2) is 41.8 Å². The number of aliphatic hydroxyl groups is 1. The summed E-state index contributed by atoms with van der Waals surface area (Å²) in [4.78, 5) is 24.9. The van der Waals surface area contributed by atoms with E-state index >= 15 is 0 Å². The Morgan fingerprint density at radius 2 is 2.00 bits per heavy atom. The molecule has 4 atom stereocenters. The molecule has 0 radical (unpaired) electrons. The zero-order chi connectivity index (χ0) is 23.7. The summed E-state index contributed by atoms with van der Waals surface area (Å²) in [7, 11) is 0. The third kappa shape index (κ3) is 4.79. The molecule has 0 aromatic heterocycles. The summed E-state index contributed by atoms with van der Waals surface area (Å²) in [5, 5.41) is 15.7. The van der Waals surface area contributed by atoms with Crippen LogP contribution in [0.1, 0.15) is 49.1 Å². The van der Waals surface area contributed by atoms with E-state index in [0.717, 1.165) is 36.3 Å². The molecule has 1 aliphatic carbocycles. The number of hydrogen-bond acceptors (Lipinski definition) is 5. The monoisotopic (exact) mass is 468 g/mol. The van der Waals surface area contributed by atoms with Crippen LogP contribution in [0.4, 0.5) is 10.1 Å². The van der Waals surface area contributed by atoms with Gasteiger partial charge >= 0.3 is 0 Å². The Balaban J connectivity index is 1.24. The molecule has 0 spiro atoms. The molecule has 1 saturated carbocycles. The van der Waals surface area contributed by atoms with E-state index in [1.54, 1.807) is 12.1 Å². The Labute approximate surface area is 197 Å². The predicted molar refractivity (Wildman–Crippen MR) is 123 cm³/mol. The average molecular weight is 469 g/mol. The number of aliphatic hydroxyl groups excluding tert-OH is 1. The molecule has 2 aromatic carbocycles. The maximum Gasteiger partial charge on any atom is 0.227 e. The van der Waals surface area contributed by atoms with Gasteiger partial charge in [-0.05, 0) is 55.2 Å². The highest BCUT2D eigenvalue weighted by atomic mass is 19.1. The molecule has 2 aromatic rings. The number of carbonyl (C=O) groups excluding carboxylic acids is 2. The van der Waals surface area contributed by atoms with E-state index < -0.39 is 12.2 Å². The number of benzene rings is 2. The summed E-state index contributed by atoms with van der Waals surface area (Å²) in [5.41, 5.74) is 2.38. The predicted octanol–water partition coefficient (Wildman–Crippen LogP) is 3.27. The van der Waals surface area contributed by atoms with Gasteiger partial charge in [0.1, 0.15) is 23.8 Å². The maximum atomic E-state index is 13.4. The van der Waals surface area contributed by atoms with Gasteiger partial charge < -0.3 is 25.2 Å². The van der Waals surface area contributed by atoms with Gasteiger partial charge in [-0.25, -0.2) is 4.39 Å². The van der Waals surface area contributed by atoms with Crippen LogP contribution in [0, 0.1) is 11.7 Å². The molecule has 2 aliphatic heterocycles. The fourth-order valence-corrected chi connectivity index (χ4v) is 5.01. The molecule has 5 rings (SSSR count). The van der Waals surface area contributed by atoms with Gasteiger partial charge in [0.15, 0.2) is 0 Å². The van der Waals surface area contributed by atoms with Crippen molar-refractivity contribution in [3.05, 3.63) is 59.4 Å². The number of rotatable bonds is 7. The number of amides is 2. The number of nitrogens with one attached hydrogen (secondary N) is 2. The van der Waals surface area contributed by atoms with Gasteiger partial charge in [-0.15, -0.1) is 0 Å². The molecule has 34 heavy (non-hydrogen) atoms. The molecule has 2 amide bonds. The maximum absolute atomic E-state index is 13.4. The SMILES string of the molecule is O=C(C[C@@H]1C[C@@H]2c3cc(NC(=O)C4CCC4)ccc3O[C@@H]2[C@@H](CO)O1)NCc1cccc(F)c1. The van der Waals surface area contributed by atoms with Crippen molar-refractivity contribution < 1.29 is 28.6 Å². The minimum Gasteiger partial charge on any atom is -0.487 e. The Morgan fingerprint density at radius 3 is 2.74 bits per heavy atom. The minimum absolute atomic E-state index is 0.0507. The minimum atomic E-state index is -0.555. The van der Waals surface area contributed by atoms with Crippen LogP contribution >= 0.6 is 0 Å². The number of hydrogen-bond donors (Lipinski definition) is 3. The fraction of sp³-hybridized carbons (Fsp3) is 0.462. The number of anilines is 1. The summed E-state index contributed by atoms with van der Waals surface area (Å²) < 4.78 is 25.5. The van der Waals surface area contributed by atoms with Crippen LogP contribution in [0.25, 0.3) is 0 Å². The molecule has 2 fully saturated rings. The molecular formula is C26H29FN2O5. The van der Waals surface area contributed by atoms with E-state index in [4.69, 9.17) is 9.47 Å². The molecule has 0 unspecified atom stereocenters. The molecule has 7 nitrogen and oxygen atoms in total. The average Bonchev–Trinajstić information content (AvgIpc) is 3.14. The molecule has 2 heterocycles. The van der Waals surface area contributed by atoms with Gasteiger partial charge in [-0.1, -0.05) is 18.6 Å². The van der Waals surface area contributed by atoms with Crippen LogP contribution in [-0.2, 0) is 20.9 Å². The third-order valence-electron chi connectivity index (χ3n) is 7.03. The zero-order valence-electron chi connectivity index (χ0n) is 18.8. The van der Waals surface area contributed by atoms with E-state index in [1.807, 2.05) is 18.2 Å². The number of ether oxygens (including phenoxy) is 2. The van der Waals surface area contributed by atoms with Crippen LogP contribution in [0.2, 0.25) is 0 Å². The lowest BCUT2D eigenvalue weighted by Crippen LogP contribution is -2.47. The summed E-state index contributed by atoms with van der Waals surface area (Å²) >= 11 is 0. The second-order valence-corrected chi connectivity index (χ2v) is 9.38. The van der Waals surface area contributed by atoms with Gasteiger partial charge in [0.25, 0.3) is 0 Å². The van der Waals surface area contributed by atoms with Crippen molar-refractivity contribution in [2.45, 2.75) is 62.9 Å². The van der Waals surface area contributed by atoms with Gasteiger partial charge in [0.05, 0.1) is 19.1 Å². The van der Waals surface area contributed by atoms with Crippen molar-refractivity contribution in [2.24, 2.45) is 5.92 Å². The van der Waals surface area contributed by atoms with E-state index in [9.17, 15) is 19.1 Å². The molecule has 180 valence electrons. The molecule has 3 N–H and O–H groups in total. The zero-order valence-corrected chi connectivity index (χ0v) is 18.8. The lowest BCUT2D eigenvalue weighted by atomic mass is 9.83. The molecule has 0 bridgehead atoms. The molecule has 8 heteroatoms. The lowest BCUT2D eigenvalue weighted by Gasteiger charge is -2.37.